The molecule has 3 aromatic rings. The van der Waals surface area contributed by atoms with Crippen molar-refractivity contribution in [3.63, 3.8) is 0 Å². The zero-order valence-electron chi connectivity index (χ0n) is 23.2. The van der Waals surface area contributed by atoms with E-state index < -0.39 is 21.8 Å². The lowest BCUT2D eigenvalue weighted by Crippen LogP contribution is -2.39. The van der Waals surface area contributed by atoms with Gasteiger partial charge in [0.1, 0.15) is 11.6 Å². The second-order valence-electron chi connectivity index (χ2n) is 11.5. The van der Waals surface area contributed by atoms with Crippen molar-refractivity contribution in [2.24, 2.45) is 11.8 Å². The first kappa shape index (κ1) is 30.6. The van der Waals surface area contributed by atoms with Gasteiger partial charge in [-0.05, 0) is 97.7 Å². The maximum absolute atomic E-state index is 13.5. The van der Waals surface area contributed by atoms with Gasteiger partial charge in [-0.15, -0.1) is 0 Å². The van der Waals surface area contributed by atoms with Crippen molar-refractivity contribution < 1.29 is 30.4 Å². The second-order valence-corrected chi connectivity index (χ2v) is 13.2. The van der Waals surface area contributed by atoms with Crippen LogP contribution in [0.5, 0.6) is 0 Å². The Hall–Kier alpha value is -2.82. The first-order valence-corrected chi connectivity index (χ1v) is 15.9. The number of nitrogens with one attached hydrogen (secondary N) is 1. The molecule has 0 amide bonds. The Balaban J connectivity index is 1.11. The van der Waals surface area contributed by atoms with Gasteiger partial charge in [0, 0.05) is 25.0 Å². The summed E-state index contributed by atoms with van der Waals surface area (Å²) in [4.78, 5) is 1.99. The van der Waals surface area contributed by atoms with E-state index in [1.807, 2.05) is 0 Å². The van der Waals surface area contributed by atoms with Crippen LogP contribution in [0.1, 0.15) is 61.1 Å². The van der Waals surface area contributed by atoms with Crippen molar-refractivity contribution in [1.29, 1.82) is 0 Å². The predicted molar refractivity (Wildman–Crippen MR) is 151 cm³/mol. The molecule has 0 spiro atoms. The summed E-state index contributed by atoms with van der Waals surface area (Å²) in [6.07, 6.45) is 0.694. The molecule has 0 radical (unpaired) electrons. The standard InChI is InChI=1S/C32H35F5N2O2S/c33-26-13-8-22(9-14-26)29(23-10-15-27(34)16-11-23)7-2-1-3-18-39-20-24-12-17-31(30(24)21-39)38-42(40,41)28-6-4-5-25(19-28)32(35,36)37/h4-6,8-11,13-16,19,24,29-31,38H,1-3,7,12,17-18,20-21H2. The van der Waals surface area contributed by atoms with Gasteiger partial charge in [0.25, 0.3) is 0 Å². The number of hydrogen-bond acceptors (Lipinski definition) is 3. The molecule has 1 saturated carbocycles. The average Bonchev–Trinajstić information content (AvgIpc) is 3.53. The zero-order chi connectivity index (χ0) is 29.9. The molecular formula is C32H35F5N2O2S. The van der Waals surface area contributed by atoms with Crippen molar-refractivity contribution in [3.05, 3.63) is 101 Å². The highest BCUT2D eigenvalue weighted by molar-refractivity contribution is 7.89. The molecule has 0 bridgehead atoms. The van der Waals surface area contributed by atoms with E-state index in [9.17, 15) is 30.4 Å². The summed E-state index contributed by atoms with van der Waals surface area (Å²) in [5.41, 5.74) is 1.01. The van der Waals surface area contributed by atoms with Gasteiger partial charge in [-0.3, -0.25) is 0 Å². The van der Waals surface area contributed by atoms with E-state index in [1.165, 1.54) is 30.3 Å². The monoisotopic (exact) mass is 606 g/mol. The van der Waals surface area contributed by atoms with Crippen molar-refractivity contribution in [2.45, 2.75) is 61.6 Å². The molecule has 1 heterocycles. The van der Waals surface area contributed by atoms with Gasteiger partial charge in [0.15, 0.2) is 0 Å². The Kier molecular flexibility index (Phi) is 9.34. The molecule has 1 N–H and O–H groups in total. The topological polar surface area (TPSA) is 49.4 Å². The summed E-state index contributed by atoms with van der Waals surface area (Å²) >= 11 is 0. The number of unbranched alkanes of at least 4 members (excludes halogenated alkanes) is 2. The van der Waals surface area contributed by atoms with E-state index in [0.29, 0.717) is 18.4 Å². The van der Waals surface area contributed by atoms with Crippen LogP contribution in [0.15, 0.2) is 77.7 Å². The predicted octanol–water partition coefficient (Wildman–Crippen LogP) is 7.36. The quantitative estimate of drug-likeness (QED) is 0.183. The summed E-state index contributed by atoms with van der Waals surface area (Å²) in [6, 6.07) is 16.5. The van der Waals surface area contributed by atoms with E-state index in [1.54, 1.807) is 24.3 Å². The van der Waals surface area contributed by atoms with Crippen LogP contribution in [0.2, 0.25) is 0 Å². The fourth-order valence-corrected chi connectivity index (χ4v) is 7.94. The van der Waals surface area contributed by atoms with Crippen LogP contribution in [0.3, 0.4) is 0 Å². The lowest BCUT2D eigenvalue weighted by atomic mass is 9.87. The van der Waals surface area contributed by atoms with Crippen molar-refractivity contribution >= 4 is 10.0 Å². The fourth-order valence-electron chi connectivity index (χ4n) is 6.57. The molecule has 5 rings (SSSR count). The highest BCUT2D eigenvalue weighted by atomic mass is 32.2. The van der Waals surface area contributed by atoms with Crippen LogP contribution in [0.4, 0.5) is 22.0 Å². The smallest absolute Gasteiger partial charge is 0.303 e. The third-order valence-electron chi connectivity index (χ3n) is 8.72. The van der Waals surface area contributed by atoms with Crippen LogP contribution in [0.25, 0.3) is 0 Å². The molecule has 3 unspecified atom stereocenters. The molecule has 1 aliphatic carbocycles. The normalized spacial score (nSPS) is 21.2. The SMILES string of the molecule is O=S(=O)(NC1CCC2CN(CCCCCC(c3ccc(F)cc3)c3ccc(F)cc3)CC21)c1cccc(C(F)(F)F)c1. The number of nitrogens with zero attached hydrogens (tertiary/aromatic N) is 1. The maximum Gasteiger partial charge on any atom is 0.416 e. The first-order valence-electron chi connectivity index (χ1n) is 14.4. The molecule has 1 saturated heterocycles. The van der Waals surface area contributed by atoms with Crippen LogP contribution < -0.4 is 4.72 Å². The van der Waals surface area contributed by atoms with E-state index in [-0.39, 0.29) is 34.4 Å². The van der Waals surface area contributed by atoms with E-state index in [0.717, 1.165) is 75.0 Å². The Morgan fingerprint density at radius 3 is 2.10 bits per heavy atom. The minimum Gasteiger partial charge on any atom is -0.303 e. The number of sulfonamides is 1. The first-order chi connectivity index (χ1) is 20.0. The van der Waals surface area contributed by atoms with Gasteiger partial charge >= 0.3 is 6.18 Å². The highest BCUT2D eigenvalue weighted by Crippen LogP contribution is 2.39. The van der Waals surface area contributed by atoms with E-state index in [2.05, 4.69) is 9.62 Å². The number of rotatable bonds is 11. The lowest BCUT2D eigenvalue weighted by molar-refractivity contribution is -0.137. The maximum atomic E-state index is 13.5. The summed E-state index contributed by atoms with van der Waals surface area (Å²) in [6.45, 7) is 2.53. The summed E-state index contributed by atoms with van der Waals surface area (Å²) in [5, 5.41) is 0. The van der Waals surface area contributed by atoms with E-state index >= 15 is 0 Å². The molecular weight excluding hydrogens is 571 g/mol. The van der Waals surface area contributed by atoms with Crippen molar-refractivity contribution in [2.75, 3.05) is 19.6 Å². The number of hydrogen-bond donors (Lipinski definition) is 1. The Morgan fingerprint density at radius 2 is 1.48 bits per heavy atom. The van der Waals surface area contributed by atoms with Gasteiger partial charge in [0.05, 0.1) is 10.5 Å². The molecule has 1 aliphatic heterocycles. The Bertz CT molecular complexity index is 1400. The number of alkyl halides is 3. The van der Waals surface area contributed by atoms with Gasteiger partial charge in [-0.1, -0.05) is 43.2 Å². The van der Waals surface area contributed by atoms with Crippen LogP contribution >= 0.6 is 0 Å². The summed E-state index contributed by atoms with van der Waals surface area (Å²) < 4.78 is 94.9. The molecule has 3 aromatic carbocycles. The molecule has 226 valence electrons. The number of likely N-dealkylation sites (tertiary alicyclic amines) is 1. The third kappa shape index (κ3) is 7.38. The minimum absolute atomic E-state index is 0.0444. The summed E-state index contributed by atoms with van der Waals surface area (Å²) in [7, 11) is -4.08. The molecule has 42 heavy (non-hydrogen) atoms. The van der Waals surface area contributed by atoms with Crippen LogP contribution in [0, 0.1) is 23.5 Å². The highest BCUT2D eigenvalue weighted by Gasteiger charge is 2.44. The molecule has 0 aromatic heterocycles. The molecule has 10 heteroatoms. The molecule has 2 fully saturated rings. The second kappa shape index (κ2) is 12.8. The summed E-state index contributed by atoms with van der Waals surface area (Å²) in [5.74, 6) is -0.0502. The molecule has 4 nitrogen and oxygen atoms in total. The lowest BCUT2D eigenvalue weighted by Gasteiger charge is -2.22. The van der Waals surface area contributed by atoms with Gasteiger partial charge < -0.3 is 4.90 Å². The Morgan fingerprint density at radius 1 is 0.833 bits per heavy atom. The Labute approximate surface area is 244 Å². The largest absolute Gasteiger partial charge is 0.416 e. The van der Waals surface area contributed by atoms with E-state index in [4.69, 9.17) is 0 Å². The number of halogens is 5. The molecule has 3 atom stereocenters. The van der Waals surface area contributed by atoms with Crippen LogP contribution in [-0.2, 0) is 16.2 Å². The van der Waals surface area contributed by atoms with Crippen molar-refractivity contribution in [3.8, 4) is 0 Å². The van der Waals surface area contributed by atoms with Gasteiger partial charge in [0.2, 0.25) is 10.0 Å². The van der Waals surface area contributed by atoms with Gasteiger partial charge in [-0.25, -0.2) is 21.9 Å². The number of benzene rings is 3. The third-order valence-corrected chi connectivity index (χ3v) is 10.2. The fraction of sp³-hybridized carbons (Fsp3) is 0.438. The number of fused-ring (bicyclic) bond motifs is 1. The molecule has 2 aliphatic rings. The zero-order valence-corrected chi connectivity index (χ0v) is 24.0. The van der Waals surface area contributed by atoms with Crippen molar-refractivity contribution in [1.82, 2.24) is 9.62 Å². The van der Waals surface area contributed by atoms with Gasteiger partial charge in [-0.2, -0.15) is 13.2 Å². The average molecular weight is 607 g/mol. The minimum atomic E-state index is -4.61. The van der Waals surface area contributed by atoms with Crippen LogP contribution in [-0.4, -0.2) is 39.0 Å².